The Bertz CT molecular complexity index is 996. The molecule has 0 aliphatic carbocycles. The number of amides is 1. The summed E-state index contributed by atoms with van der Waals surface area (Å²) in [6, 6.07) is 16.0. The minimum absolute atomic E-state index is 0.00400. The molecule has 1 aliphatic rings. The molecule has 144 valence electrons. The van der Waals surface area contributed by atoms with Crippen molar-refractivity contribution in [3.8, 4) is 11.4 Å². The highest BCUT2D eigenvalue weighted by molar-refractivity contribution is 7.98. The molecular weight excluding hydrogens is 370 g/mol. The zero-order valence-corrected chi connectivity index (χ0v) is 16.9. The Kier molecular flexibility index (Phi) is 5.39. The van der Waals surface area contributed by atoms with Gasteiger partial charge in [0.05, 0.1) is 18.5 Å². The molecule has 4 rings (SSSR count). The first kappa shape index (κ1) is 18.6. The van der Waals surface area contributed by atoms with Gasteiger partial charge in [0.1, 0.15) is 11.6 Å². The number of fused-ring (bicyclic) bond motifs is 1. The topological polar surface area (TPSA) is 56.1 Å². The van der Waals surface area contributed by atoms with Crippen LogP contribution in [0.15, 0.2) is 48.5 Å². The summed E-state index contributed by atoms with van der Waals surface area (Å²) in [5.74, 6) is 3.41. The number of nitrogens with zero attached hydrogens (tertiary/aromatic N) is 2. The largest absolute Gasteiger partial charge is 0.497 e. The number of rotatable bonds is 6. The van der Waals surface area contributed by atoms with Crippen molar-refractivity contribution in [2.45, 2.75) is 31.3 Å². The molecule has 0 saturated carbocycles. The van der Waals surface area contributed by atoms with E-state index < -0.39 is 0 Å². The maximum Gasteiger partial charge on any atom is 0.225 e. The van der Waals surface area contributed by atoms with Crippen LogP contribution in [0.2, 0.25) is 0 Å². The molecule has 6 heteroatoms. The minimum Gasteiger partial charge on any atom is -0.497 e. The van der Waals surface area contributed by atoms with Crippen LogP contribution in [0.3, 0.4) is 0 Å². The van der Waals surface area contributed by atoms with Gasteiger partial charge in [-0.15, -0.1) is 0 Å². The van der Waals surface area contributed by atoms with E-state index in [1.165, 1.54) is 5.56 Å². The van der Waals surface area contributed by atoms with Gasteiger partial charge in [0.2, 0.25) is 5.91 Å². The number of carbonyl (C=O) groups excluding carboxylic acids is 1. The second kappa shape index (κ2) is 8.10. The van der Waals surface area contributed by atoms with Gasteiger partial charge in [-0.05, 0) is 48.7 Å². The predicted molar refractivity (Wildman–Crippen MR) is 113 cm³/mol. The zero-order chi connectivity index (χ0) is 19.5. The van der Waals surface area contributed by atoms with Gasteiger partial charge in [-0.25, -0.2) is 4.68 Å². The van der Waals surface area contributed by atoms with E-state index in [-0.39, 0.29) is 5.91 Å². The Morgan fingerprint density at radius 1 is 1.21 bits per heavy atom. The van der Waals surface area contributed by atoms with Crippen LogP contribution in [-0.2, 0) is 22.7 Å². The lowest BCUT2D eigenvalue weighted by Gasteiger charge is -2.12. The number of nitrogens with one attached hydrogen (secondary N) is 1. The van der Waals surface area contributed by atoms with E-state index >= 15 is 0 Å². The molecule has 2 aromatic carbocycles. The van der Waals surface area contributed by atoms with Crippen LogP contribution in [0.25, 0.3) is 5.69 Å². The number of anilines is 1. The Morgan fingerprint density at radius 3 is 2.79 bits per heavy atom. The van der Waals surface area contributed by atoms with Crippen LogP contribution >= 0.6 is 11.8 Å². The Hall–Kier alpha value is -2.73. The molecule has 1 aliphatic heterocycles. The molecule has 1 amide bonds. The third-order valence-electron chi connectivity index (χ3n) is 4.86. The summed E-state index contributed by atoms with van der Waals surface area (Å²) in [6.45, 7) is 2.06. The Balaban J connectivity index is 1.51. The summed E-state index contributed by atoms with van der Waals surface area (Å²) in [5, 5.41) is 7.88. The number of ether oxygens (including phenoxy) is 1. The third kappa shape index (κ3) is 3.92. The Morgan fingerprint density at radius 2 is 2.04 bits per heavy atom. The molecule has 2 heterocycles. The first-order valence-corrected chi connectivity index (χ1v) is 10.5. The van der Waals surface area contributed by atoms with Crippen LogP contribution < -0.4 is 10.1 Å². The third-order valence-corrected chi connectivity index (χ3v) is 5.83. The fourth-order valence-corrected chi connectivity index (χ4v) is 4.37. The molecule has 1 aromatic heterocycles. The van der Waals surface area contributed by atoms with Gasteiger partial charge in [-0.1, -0.05) is 24.3 Å². The average molecular weight is 394 g/mol. The van der Waals surface area contributed by atoms with Crippen molar-refractivity contribution >= 4 is 23.5 Å². The summed E-state index contributed by atoms with van der Waals surface area (Å²) in [6.07, 6.45) is 1.11. The summed E-state index contributed by atoms with van der Waals surface area (Å²) >= 11 is 1.83. The van der Waals surface area contributed by atoms with E-state index in [4.69, 9.17) is 9.84 Å². The standard InChI is InChI=1S/C22H23N3O2S/c1-15-4-3-5-17(12-15)25-22(19-13-28-14-20(19)24-25)23-21(26)11-8-16-6-9-18(27-2)10-7-16/h3-7,9-10,12H,8,11,13-14H2,1-2H3,(H,23,26). The quantitative estimate of drug-likeness (QED) is 0.670. The number of benzene rings is 2. The van der Waals surface area contributed by atoms with Crippen LogP contribution in [0.1, 0.15) is 28.8 Å². The second-order valence-electron chi connectivity index (χ2n) is 6.91. The van der Waals surface area contributed by atoms with E-state index in [0.29, 0.717) is 12.8 Å². The van der Waals surface area contributed by atoms with E-state index in [0.717, 1.165) is 45.6 Å². The predicted octanol–water partition coefficient (Wildman–Crippen LogP) is 4.51. The maximum absolute atomic E-state index is 12.7. The van der Waals surface area contributed by atoms with Crippen molar-refractivity contribution in [3.05, 3.63) is 70.9 Å². The number of aromatic nitrogens is 2. The van der Waals surface area contributed by atoms with E-state index in [9.17, 15) is 4.79 Å². The average Bonchev–Trinajstić information content (AvgIpc) is 3.29. The van der Waals surface area contributed by atoms with E-state index in [1.54, 1.807) is 7.11 Å². The van der Waals surface area contributed by atoms with Gasteiger partial charge in [0.15, 0.2) is 0 Å². The summed E-state index contributed by atoms with van der Waals surface area (Å²) in [4.78, 5) is 12.7. The SMILES string of the molecule is COc1ccc(CCC(=O)Nc2c3c(nn2-c2cccc(C)c2)CSC3)cc1. The van der Waals surface area contributed by atoms with Gasteiger partial charge < -0.3 is 10.1 Å². The molecule has 3 aromatic rings. The van der Waals surface area contributed by atoms with Gasteiger partial charge in [-0.3, -0.25) is 4.79 Å². The molecule has 5 nitrogen and oxygen atoms in total. The highest BCUT2D eigenvalue weighted by atomic mass is 32.2. The summed E-state index contributed by atoms with van der Waals surface area (Å²) in [5.41, 5.74) is 5.47. The molecule has 0 bridgehead atoms. The number of carbonyl (C=O) groups is 1. The first-order chi connectivity index (χ1) is 13.6. The monoisotopic (exact) mass is 393 g/mol. The highest BCUT2D eigenvalue weighted by Gasteiger charge is 2.24. The second-order valence-corrected chi connectivity index (χ2v) is 7.90. The van der Waals surface area contributed by atoms with Crippen LogP contribution in [-0.4, -0.2) is 22.8 Å². The fourth-order valence-electron chi connectivity index (χ4n) is 3.33. The lowest BCUT2D eigenvalue weighted by Crippen LogP contribution is -2.16. The smallest absolute Gasteiger partial charge is 0.225 e. The number of thioether (sulfide) groups is 1. The molecule has 28 heavy (non-hydrogen) atoms. The first-order valence-electron chi connectivity index (χ1n) is 9.32. The van der Waals surface area contributed by atoms with Crippen molar-refractivity contribution in [2.24, 2.45) is 0 Å². The van der Waals surface area contributed by atoms with Gasteiger partial charge in [0, 0.05) is 23.5 Å². The Labute approximate surface area is 169 Å². The molecule has 0 atom stereocenters. The van der Waals surface area contributed by atoms with Crippen molar-refractivity contribution in [1.29, 1.82) is 0 Å². The van der Waals surface area contributed by atoms with Crippen molar-refractivity contribution in [2.75, 3.05) is 12.4 Å². The molecule has 0 radical (unpaired) electrons. The van der Waals surface area contributed by atoms with Crippen molar-refractivity contribution in [3.63, 3.8) is 0 Å². The fraction of sp³-hybridized carbons (Fsp3) is 0.273. The zero-order valence-electron chi connectivity index (χ0n) is 16.1. The number of hydrogen-bond donors (Lipinski definition) is 1. The highest BCUT2D eigenvalue weighted by Crippen LogP contribution is 2.36. The lowest BCUT2D eigenvalue weighted by atomic mass is 10.1. The normalized spacial score (nSPS) is 12.6. The van der Waals surface area contributed by atoms with E-state index in [2.05, 4.69) is 24.4 Å². The molecule has 0 unspecified atom stereocenters. The molecule has 0 fully saturated rings. The van der Waals surface area contributed by atoms with Crippen LogP contribution in [0.5, 0.6) is 5.75 Å². The molecule has 0 saturated heterocycles. The molecule has 0 spiro atoms. The molecule has 1 N–H and O–H groups in total. The van der Waals surface area contributed by atoms with Crippen molar-refractivity contribution < 1.29 is 9.53 Å². The number of hydrogen-bond acceptors (Lipinski definition) is 4. The van der Waals surface area contributed by atoms with Crippen LogP contribution in [0, 0.1) is 6.92 Å². The summed E-state index contributed by atoms with van der Waals surface area (Å²) < 4.78 is 7.06. The summed E-state index contributed by atoms with van der Waals surface area (Å²) in [7, 11) is 1.65. The number of aryl methyl sites for hydroxylation is 2. The van der Waals surface area contributed by atoms with Gasteiger partial charge in [0.25, 0.3) is 0 Å². The van der Waals surface area contributed by atoms with Gasteiger partial charge >= 0.3 is 0 Å². The molecular formula is C22H23N3O2S. The van der Waals surface area contributed by atoms with Crippen molar-refractivity contribution in [1.82, 2.24) is 9.78 Å². The van der Waals surface area contributed by atoms with Crippen LogP contribution in [0.4, 0.5) is 5.82 Å². The van der Waals surface area contributed by atoms with Gasteiger partial charge in [-0.2, -0.15) is 16.9 Å². The maximum atomic E-state index is 12.7. The minimum atomic E-state index is 0.00400. The van der Waals surface area contributed by atoms with E-state index in [1.807, 2.05) is 52.8 Å². The lowest BCUT2D eigenvalue weighted by molar-refractivity contribution is -0.116. The number of methoxy groups -OCH3 is 1.